The summed E-state index contributed by atoms with van der Waals surface area (Å²) in [7, 11) is 0. The van der Waals surface area contributed by atoms with Crippen molar-refractivity contribution in [1.29, 1.82) is 37.0 Å². The molecule has 1 N–H and O–H groups in total. The van der Waals surface area contributed by atoms with E-state index in [-0.39, 0.29) is 49.4 Å². The summed E-state index contributed by atoms with van der Waals surface area (Å²) in [6.07, 6.45) is 0. The molecule has 2 rings (SSSR count). The van der Waals surface area contributed by atoms with E-state index < -0.39 is 0 Å². The van der Waals surface area contributed by atoms with Gasteiger partial charge >= 0.3 is 0 Å². The SMILES string of the molecule is N#CC1=c2c(C#N)c(C#N)c(C#N)c(C#N)c2=C(C#N)C1=C=N. The molecule has 0 spiro atoms. The van der Waals surface area contributed by atoms with Crippen LogP contribution in [0.5, 0.6) is 0 Å². The van der Waals surface area contributed by atoms with Crippen LogP contribution in [-0.4, -0.2) is 5.87 Å². The van der Waals surface area contributed by atoms with Crippen molar-refractivity contribution in [3.8, 4) is 36.4 Å². The van der Waals surface area contributed by atoms with E-state index in [1.54, 1.807) is 36.4 Å². The van der Waals surface area contributed by atoms with Gasteiger partial charge in [-0.15, -0.1) is 0 Å². The van der Waals surface area contributed by atoms with Gasteiger partial charge < -0.3 is 0 Å². The van der Waals surface area contributed by atoms with Crippen LogP contribution < -0.4 is 10.4 Å². The Kier molecular flexibility index (Phi) is 3.45. The number of nitriles is 6. The number of fused-ring (bicyclic) bond motifs is 1. The summed E-state index contributed by atoms with van der Waals surface area (Å²) < 4.78 is 0. The van der Waals surface area contributed by atoms with Gasteiger partial charge in [0.25, 0.3) is 0 Å². The van der Waals surface area contributed by atoms with Crippen LogP contribution in [0, 0.1) is 73.4 Å². The van der Waals surface area contributed by atoms with Crippen molar-refractivity contribution in [2.45, 2.75) is 0 Å². The fourth-order valence-electron chi connectivity index (χ4n) is 2.42. The summed E-state index contributed by atoms with van der Waals surface area (Å²) in [5.74, 6) is 1.95. The Morgan fingerprint density at radius 2 is 0.870 bits per heavy atom. The van der Waals surface area contributed by atoms with Crippen molar-refractivity contribution in [3.05, 3.63) is 38.3 Å². The highest BCUT2D eigenvalue weighted by atomic mass is 14.4. The highest BCUT2D eigenvalue weighted by Crippen LogP contribution is 2.23. The number of allylic oxidation sites excluding steroid dienone is 1. The van der Waals surface area contributed by atoms with Crippen LogP contribution in [0.1, 0.15) is 22.3 Å². The number of hydrogen-bond acceptors (Lipinski definition) is 7. The molecule has 0 radical (unpaired) electrons. The third-order valence-corrected chi connectivity index (χ3v) is 3.30. The van der Waals surface area contributed by atoms with Gasteiger partial charge in [0, 0.05) is 10.4 Å². The number of benzene rings is 1. The van der Waals surface area contributed by atoms with Crippen molar-refractivity contribution in [2.24, 2.45) is 0 Å². The molecular formula is C16HN7. The number of nitrogens with one attached hydrogen (secondary N) is 1. The first-order valence-corrected chi connectivity index (χ1v) is 5.84. The van der Waals surface area contributed by atoms with Gasteiger partial charge in [-0.2, -0.15) is 31.6 Å². The molecule has 0 saturated heterocycles. The van der Waals surface area contributed by atoms with E-state index in [0.717, 1.165) is 0 Å². The Morgan fingerprint density at radius 1 is 0.522 bits per heavy atom. The van der Waals surface area contributed by atoms with Crippen LogP contribution in [-0.2, 0) is 0 Å². The molecule has 0 fully saturated rings. The summed E-state index contributed by atoms with van der Waals surface area (Å²) in [6.45, 7) is 0. The molecule has 0 heterocycles. The van der Waals surface area contributed by atoms with E-state index in [9.17, 15) is 31.6 Å². The molecule has 1 aromatic rings. The zero-order chi connectivity index (χ0) is 17.1. The monoisotopic (exact) mass is 291 g/mol. The summed E-state index contributed by atoms with van der Waals surface area (Å²) in [4.78, 5) is 0. The van der Waals surface area contributed by atoms with E-state index in [1.165, 1.54) is 0 Å². The molecule has 1 aliphatic rings. The molecule has 0 aromatic heterocycles. The van der Waals surface area contributed by atoms with E-state index in [4.69, 9.17) is 5.41 Å². The fraction of sp³-hybridized carbons (Fsp3) is 0. The van der Waals surface area contributed by atoms with Crippen LogP contribution >= 0.6 is 0 Å². The van der Waals surface area contributed by atoms with Crippen LogP contribution in [0.15, 0.2) is 5.57 Å². The smallest absolute Gasteiger partial charge is 0.102 e. The quantitative estimate of drug-likeness (QED) is 0.644. The van der Waals surface area contributed by atoms with Crippen molar-refractivity contribution in [3.63, 3.8) is 0 Å². The highest BCUT2D eigenvalue weighted by molar-refractivity contribution is 6.07. The first-order chi connectivity index (χ1) is 11.1. The predicted molar refractivity (Wildman–Crippen MR) is 73.8 cm³/mol. The first-order valence-electron chi connectivity index (χ1n) is 5.84. The molecule has 1 aromatic carbocycles. The van der Waals surface area contributed by atoms with Crippen molar-refractivity contribution in [2.75, 3.05) is 0 Å². The molecule has 0 amide bonds. The summed E-state index contributed by atoms with van der Waals surface area (Å²) in [6, 6.07) is 10.4. The van der Waals surface area contributed by atoms with Gasteiger partial charge in [0.1, 0.15) is 36.4 Å². The maximum atomic E-state index is 9.34. The molecule has 7 nitrogen and oxygen atoms in total. The average molecular weight is 291 g/mol. The predicted octanol–water partition coefficient (Wildman–Crippen LogP) is -0.290. The topological polar surface area (TPSA) is 167 Å². The molecule has 0 aliphatic heterocycles. The Morgan fingerprint density at radius 3 is 1.09 bits per heavy atom. The average Bonchev–Trinajstić information content (AvgIpc) is 2.91. The van der Waals surface area contributed by atoms with Crippen LogP contribution in [0.25, 0.3) is 11.1 Å². The fourth-order valence-corrected chi connectivity index (χ4v) is 2.42. The normalized spacial score (nSPS) is 11.0. The molecular weight excluding hydrogens is 290 g/mol. The van der Waals surface area contributed by atoms with Gasteiger partial charge in [-0.3, -0.25) is 5.41 Å². The van der Waals surface area contributed by atoms with Crippen molar-refractivity contribution in [1.82, 2.24) is 0 Å². The Bertz CT molecular complexity index is 1120. The first kappa shape index (κ1) is 14.8. The maximum absolute atomic E-state index is 9.34. The standard InChI is InChI=1S/C16HN7/c17-1-8-9(2-18)12(5-21)16-14(7-23)10(3-19)13(6-22)15(16)11(8)4-20/h19H. The summed E-state index contributed by atoms with van der Waals surface area (Å²) in [5, 5.41) is 62.9. The number of rotatable bonds is 0. The van der Waals surface area contributed by atoms with Crippen molar-refractivity contribution < 1.29 is 0 Å². The van der Waals surface area contributed by atoms with E-state index >= 15 is 0 Å². The second kappa shape index (κ2) is 5.38. The second-order valence-corrected chi connectivity index (χ2v) is 4.17. The lowest BCUT2D eigenvalue weighted by molar-refractivity contribution is 1.31. The van der Waals surface area contributed by atoms with E-state index in [1.807, 2.05) is 5.87 Å². The summed E-state index contributed by atoms with van der Waals surface area (Å²) >= 11 is 0. The molecule has 7 heteroatoms. The van der Waals surface area contributed by atoms with E-state index in [0.29, 0.717) is 0 Å². The molecule has 1 aliphatic carbocycles. The molecule has 0 atom stereocenters. The minimum absolute atomic E-state index is 0.0756. The maximum Gasteiger partial charge on any atom is 0.102 e. The lowest BCUT2D eigenvalue weighted by Crippen LogP contribution is -2.33. The van der Waals surface area contributed by atoms with E-state index in [2.05, 4.69) is 0 Å². The third-order valence-electron chi connectivity index (χ3n) is 3.30. The Balaban J connectivity index is 3.56. The Labute approximate surface area is 129 Å². The summed E-state index contributed by atoms with van der Waals surface area (Å²) in [5.41, 5.74) is -1.76. The molecule has 0 unspecified atom stereocenters. The molecule has 100 valence electrons. The lowest BCUT2D eigenvalue weighted by Gasteiger charge is -2.02. The number of nitrogens with zero attached hydrogens (tertiary/aromatic N) is 6. The largest absolute Gasteiger partial charge is 0.258 e. The molecule has 0 saturated carbocycles. The number of hydrogen-bond donors (Lipinski definition) is 1. The Hall–Kier alpha value is -4.65. The van der Waals surface area contributed by atoms with Crippen LogP contribution in [0.3, 0.4) is 0 Å². The minimum atomic E-state index is -0.332. The zero-order valence-corrected chi connectivity index (χ0v) is 11.2. The third kappa shape index (κ3) is 1.68. The molecule has 0 bridgehead atoms. The van der Waals surface area contributed by atoms with Crippen LogP contribution in [0.4, 0.5) is 0 Å². The van der Waals surface area contributed by atoms with Gasteiger partial charge in [0.05, 0.1) is 39.0 Å². The second-order valence-electron chi connectivity index (χ2n) is 4.17. The van der Waals surface area contributed by atoms with Gasteiger partial charge in [0.15, 0.2) is 0 Å². The van der Waals surface area contributed by atoms with Gasteiger partial charge in [-0.1, -0.05) is 0 Å². The minimum Gasteiger partial charge on any atom is -0.258 e. The van der Waals surface area contributed by atoms with Gasteiger partial charge in [-0.05, 0) is 5.87 Å². The van der Waals surface area contributed by atoms with Gasteiger partial charge in [0.2, 0.25) is 0 Å². The van der Waals surface area contributed by atoms with Crippen LogP contribution in [0.2, 0.25) is 0 Å². The van der Waals surface area contributed by atoms with Gasteiger partial charge in [-0.25, -0.2) is 0 Å². The lowest BCUT2D eigenvalue weighted by atomic mass is 9.93. The highest BCUT2D eigenvalue weighted by Gasteiger charge is 2.29. The van der Waals surface area contributed by atoms with Crippen molar-refractivity contribution >= 4 is 17.0 Å². The zero-order valence-electron chi connectivity index (χ0n) is 11.2. The molecule has 23 heavy (non-hydrogen) atoms.